The lowest BCUT2D eigenvalue weighted by atomic mass is 10.2. The Balaban J connectivity index is 1.61. The maximum absolute atomic E-state index is 12.5. The number of sulfone groups is 1. The zero-order valence-electron chi connectivity index (χ0n) is 13.0. The smallest absolute Gasteiger partial charge is 0.338 e. The van der Waals surface area contributed by atoms with Crippen molar-refractivity contribution in [1.82, 2.24) is 4.90 Å². The monoisotopic (exact) mass is 371 g/mol. The average Bonchev–Trinajstić information content (AvgIpc) is 3.28. The quantitative estimate of drug-likeness (QED) is 0.735. The van der Waals surface area contributed by atoms with E-state index in [4.69, 9.17) is 16.3 Å². The molecule has 0 spiro atoms. The van der Waals surface area contributed by atoms with Crippen molar-refractivity contribution >= 4 is 33.3 Å². The fraction of sp³-hybridized carbons (Fsp3) is 0.500. The highest BCUT2D eigenvalue weighted by molar-refractivity contribution is 7.91. The van der Waals surface area contributed by atoms with Crippen molar-refractivity contribution in [2.24, 2.45) is 0 Å². The molecule has 24 heavy (non-hydrogen) atoms. The lowest BCUT2D eigenvalue weighted by molar-refractivity contribution is -0.137. The SMILES string of the molecule is O=C(OCC(=O)N(C1CC1)[C@@H]1CCS(=O)(=O)C1)c1cccc(Cl)c1. The van der Waals surface area contributed by atoms with Crippen molar-refractivity contribution in [1.29, 1.82) is 0 Å². The zero-order valence-corrected chi connectivity index (χ0v) is 14.6. The minimum absolute atomic E-state index is 0.00250. The number of amides is 1. The minimum atomic E-state index is -3.08. The molecule has 0 aromatic heterocycles. The summed E-state index contributed by atoms with van der Waals surface area (Å²) in [6.07, 6.45) is 2.18. The van der Waals surface area contributed by atoms with E-state index in [1.165, 1.54) is 6.07 Å². The molecule has 1 aromatic carbocycles. The third-order valence-corrected chi connectivity index (χ3v) is 6.20. The number of nitrogens with zero attached hydrogens (tertiary/aromatic N) is 1. The van der Waals surface area contributed by atoms with E-state index >= 15 is 0 Å². The Morgan fingerprint density at radius 3 is 2.54 bits per heavy atom. The Kier molecular flexibility index (Phi) is 4.83. The van der Waals surface area contributed by atoms with Gasteiger partial charge in [0, 0.05) is 17.1 Å². The van der Waals surface area contributed by atoms with E-state index in [0.29, 0.717) is 11.4 Å². The molecule has 130 valence electrons. The van der Waals surface area contributed by atoms with E-state index < -0.39 is 22.4 Å². The fourth-order valence-electron chi connectivity index (χ4n) is 2.95. The first-order valence-corrected chi connectivity index (χ1v) is 10.00. The lowest BCUT2D eigenvalue weighted by Gasteiger charge is -2.28. The van der Waals surface area contributed by atoms with Crippen molar-refractivity contribution < 1.29 is 22.7 Å². The summed E-state index contributed by atoms with van der Waals surface area (Å²) in [4.78, 5) is 26.0. The summed E-state index contributed by atoms with van der Waals surface area (Å²) in [5, 5.41) is 0.409. The van der Waals surface area contributed by atoms with E-state index in [1.807, 2.05) is 0 Å². The molecule has 0 unspecified atom stereocenters. The Bertz CT molecular complexity index is 759. The molecule has 8 heteroatoms. The molecule has 6 nitrogen and oxygen atoms in total. The summed E-state index contributed by atoms with van der Waals surface area (Å²) < 4.78 is 28.4. The molecule has 2 aliphatic rings. The van der Waals surface area contributed by atoms with Gasteiger partial charge in [0.05, 0.1) is 17.1 Å². The molecule has 1 atom stereocenters. The van der Waals surface area contributed by atoms with E-state index in [1.54, 1.807) is 23.1 Å². The third-order valence-electron chi connectivity index (χ3n) is 4.22. The molecule has 1 saturated heterocycles. The molecule has 0 N–H and O–H groups in total. The van der Waals surface area contributed by atoms with Crippen LogP contribution in [0.2, 0.25) is 5.02 Å². The summed E-state index contributed by atoms with van der Waals surface area (Å²) >= 11 is 5.82. The summed E-state index contributed by atoms with van der Waals surface area (Å²) in [6.45, 7) is -0.390. The largest absolute Gasteiger partial charge is 0.452 e. The number of halogens is 1. The van der Waals surface area contributed by atoms with Crippen LogP contribution in [-0.4, -0.2) is 55.4 Å². The van der Waals surface area contributed by atoms with Crippen LogP contribution in [0.3, 0.4) is 0 Å². The molecule has 3 rings (SSSR count). The fourth-order valence-corrected chi connectivity index (χ4v) is 4.86. The molecule has 0 bridgehead atoms. The van der Waals surface area contributed by atoms with Gasteiger partial charge in [0.15, 0.2) is 16.4 Å². The number of carbonyl (C=O) groups excluding carboxylic acids is 2. The van der Waals surface area contributed by atoms with Crippen molar-refractivity contribution in [3.63, 3.8) is 0 Å². The van der Waals surface area contributed by atoms with Gasteiger partial charge < -0.3 is 9.64 Å². The van der Waals surface area contributed by atoms with Gasteiger partial charge in [-0.1, -0.05) is 17.7 Å². The van der Waals surface area contributed by atoms with Crippen LogP contribution >= 0.6 is 11.6 Å². The van der Waals surface area contributed by atoms with Crippen LogP contribution in [-0.2, 0) is 19.4 Å². The standard InChI is InChI=1S/C16H18ClNO5S/c17-12-3-1-2-11(8-12)16(20)23-9-15(19)18(13-4-5-13)14-6-7-24(21,22)10-14/h1-3,8,13-14H,4-7,9-10H2/t14-/m1/s1. The Morgan fingerprint density at radius 1 is 1.21 bits per heavy atom. The first-order chi connectivity index (χ1) is 11.4. The zero-order chi connectivity index (χ0) is 17.3. The van der Waals surface area contributed by atoms with Crippen LogP contribution in [0.4, 0.5) is 0 Å². The Labute approximate surface area is 145 Å². The van der Waals surface area contributed by atoms with Crippen molar-refractivity contribution in [3.8, 4) is 0 Å². The van der Waals surface area contributed by atoms with Crippen LogP contribution in [0, 0.1) is 0 Å². The molecule has 1 aromatic rings. The number of ether oxygens (including phenoxy) is 1. The van der Waals surface area contributed by atoms with Gasteiger partial charge in [0.1, 0.15) is 0 Å². The molecule has 0 radical (unpaired) electrons. The average molecular weight is 372 g/mol. The second-order valence-electron chi connectivity index (χ2n) is 6.18. The molecular weight excluding hydrogens is 354 g/mol. The molecule has 1 aliphatic carbocycles. The van der Waals surface area contributed by atoms with Crippen LogP contribution < -0.4 is 0 Å². The normalized spacial score (nSPS) is 22.1. The predicted molar refractivity (Wildman–Crippen MR) is 88.7 cm³/mol. The third kappa shape index (κ3) is 4.08. The van der Waals surface area contributed by atoms with Gasteiger partial charge in [-0.2, -0.15) is 0 Å². The van der Waals surface area contributed by atoms with Crippen LogP contribution in [0.1, 0.15) is 29.6 Å². The van der Waals surface area contributed by atoms with Crippen LogP contribution in [0.5, 0.6) is 0 Å². The first-order valence-electron chi connectivity index (χ1n) is 7.80. The minimum Gasteiger partial charge on any atom is -0.452 e. The molecule has 2 fully saturated rings. The number of benzene rings is 1. The maximum atomic E-state index is 12.5. The number of carbonyl (C=O) groups is 2. The lowest BCUT2D eigenvalue weighted by Crippen LogP contribution is -2.44. The van der Waals surface area contributed by atoms with Crippen molar-refractivity contribution in [3.05, 3.63) is 34.9 Å². The Hall–Kier alpha value is -1.60. The van der Waals surface area contributed by atoms with Gasteiger partial charge in [0.2, 0.25) is 0 Å². The first kappa shape index (κ1) is 17.2. The molecule has 1 saturated carbocycles. The summed E-state index contributed by atoms with van der Waals surface area (Å²) in [5.41, 5.74) is 0.275. The van der Waals surface area contributed by atoms with Gasteiger partial charge in [0.25, 0.3) is 5.91 Å². The van der Waals surface area contributed by atoms with Crippen molar-refractivity contribution in [2.45, 2.75) is 31.3 Å². The molecule has 1 amide bonds. The number of esters is 1. The number of rotatable bonds is 5. The van der Waals surface area contributed by atoms with E-state index in [-0.39, 0.29) is 35.1 Å². The highest BCUT2D eigenvalue weighted by Crippen LogP contribution is 2.32. The topological polar surface area (TPSA) is 80.8 Å². The molecule has 1 heterocycles. The van der Waals surface area contributed by atoms with Gasteiger partial charge in [-0.05, 0) is 37.5 Å². The van der Waals surface area contributed by atoms with Gasteiger partial charge in [-0.25, -0.2) is 13.2 Å². The van der Waals surface area contributed by atoms with Crippen LogP contribution in [0.15, 0.2) is 24.3 Å². The van der Waals surface area contributed by atoms with E-state index in [9.17, 15) is 18.0 Å². The van der Waals surface area contributed by atoms with Gasteiger partial charge >= 0.3 is 5.97 Å². The highest BCUT2D eigenvalue weighted by atomic mass is 35.5. The van der Waals surface area contributed by atoms with Gasteiger partial charge in [-0.15, -0.1) is 0 Å². The van der Waals surface area contributed by atoms with Gasteiger partial charge in [-0.3, -0.25) is 4.79 Å². The second kappa shape index (κ2) is 6.72. The summed E-state index contributed by atoms with van der Waals surface area (Å²) in [6, 6.07) is 6.05. The maximum Gasteiger partial charge on any atom is 0.338 e. The Morgan fingerprint density at radius 2 is 1.96 bits per heavy atom. The van der Waals surface area contributed by atoms with E-state index in [2.05, 4.69) is 0 Å². The number of hydrogen-bond acceptors (Lipinski definition) is 5. The van der Waals surface area contributed by atoms with E-state index in [0.717, 1.165) is 12.8 Å². The van der Waals surface area contributed by atoms with Crippen LogP contribution in [0.25, 0.3) is 0 Å². The summed E-state index contributed by atoms with van der Waals surface area (Å²) in [5.74, 6) is -0.857. The second-order valence-corrected chi connectivity index (χ2v) is 8.84. The molecular formula is C16H18ClNO5S. The van der Waals surface area contributed by atoms with Crippen molar-refractivity contribution in [2.75, 3.05) is 18.1 Å². The molecule has 1 aliphatic heterocycles. The predicted octanol–water partition coefficient (Wildman–Crippen LogP) is 1.67. The highest BCUT2D eigenvalue weighted by Gasteiger charge is 2.42. The number of hydrogen-bond donors (Lipinski definition) is 0. The summed E-state index contributed by atoms with van der Waals surface area (Å²) in [7, 11) is -3.08.